The molecule has 0 aliphatic rings. The lowest BCUT2D eigenvalue weighted by Gasteiger charge is -2.07. The van der Waals surface area contributed by atoms with E-state index in [9.17, 15) is 9.59 Å². The Morgan fingerprint density at radius 3 is 2.20 bits per heavy atom. The fourth-order valence-corrected chi connectivity index (χ4v) is 1.68. The van der Waals surface area contributed by atoms with Gasteiger partial charge in [0.25, 0.3) is 5.91 Å². The highest BCUT2D eigenvalue weighted by Crippen LogP contribution is 2.15. The Morgan fingerprint density at radius 2 is 1.65 bits per heavy atom. The Hall–Kier alpha value is -2.82. The SMILES string of the molecule is Cc1ccc(C(=O)Nc2ccc(C(=O)O)cc2)cc1N. The van der Waals surface area contributed by atoms with E-state index in [4.69, 9.17) is 10.8 Å². The van der Waals surface area contributed by atoms with Gasteiger partial charge in [-0.05, 0) is 48.9 Å². The summed E-state index contributed by atoms with van der Waals surface area (Å²) >= 11 is 0. The van der Waals surface area contributed by atoms with Crippen molar-refractivity contribution in [2.75, 3.05) is 11.1 Å². The number of nitrogen functional groups attached to an aromatic ring is 1. The van der Waals surface area contributed by atoms with Crippen LogP contribution in [0.1, 0.15) is 26.3 Å². The standard InChI is InChI=1S/C15H14N2O3/c1-9-2-3-11(8-13(9)16)14(18)17-12-6-4-10(5-7-12)15(19)20/h2-8H,16H2,1H3,(H,17,18)(H,19,20). The van der Waals surface area contributed by atoms with Gasteiger partial charge in [0.05, 0.1) is 5.56 Å². The summed E-state index contributed by atoms with van der Waals surface area (Å²) in [5.41, 5.74) is 8.37. The Morgan fingerprint density at radius 1 is 1.05 bits per heavy atom. The van der Waals surface area contributed by atoms with Crippen molar-refractivity contribution in [2.45, 2.75) is 6.92 Å². The zero-order valence-electron chi connectivity index (χ0n) is 10.9. The normalized spacial score (nSPS) is 10.1. The van der Waals surface area contributed by atoms with Crippen LogP contribution >= 0.6 is 0 Å². The zero-order chi connectivity index (χ0) is 14.7. The number of hydrogen-bond acceptors (Lipinski definition) is 3. The van der Waals surface area contributed by atoms with Gasteiger partial charge in [0.15, 0.2) is 0 Å². The number of rotatable bonds is 3. The molecular weight excluding hydrogens is 256 g/mol. The molecule has 20 heavy (non-hydrogen) atoms. The van der Waals surface area contributed by atoms with Crippen molar-refractivity contribution in [1.82, 2.24) is 0 Å². The summed E-state index contributed by atoms with van der Waals surface area (Å²) in [5.74, 6) is -1.30. The molecule has 0 heterocycles. The number of nitrogens with one attached hydrogen (secondary N) is 1. The summed E-state index contributed by atoms with van der Waals surface area (Å²) in [4.78, 5) is 22.7. The highest BCUT2D eigenvalue weighted by atomic mass is 16.4. The van der Waals surface area contributed by atoms with Crippen molar-refractivity contribution in [3.8, 4) is 0 Å². The minimum atomic E-state index is -1.01. The maximum absolute atomic E-state index is 12.0. The van der Waals surface area contributed by atoms with E-state index in [1.54, 1.807) is 30.3 Å². The quantitative estimate of drug-likeness (QED) is 0.747. The third-order valence-electron chi connectivity index (χ3n) is 2.93. The molecule has 0 fully saturated rings. The second-order valence-corrected chi connectivity index (χ2v) is 4.41. The summed E-state index contributed by atoms with van der Waals surface area (Å²) in [5, 5.41) is 11.5. The molecule has 102 valence electrons. The van der Waals surface area contributed by atoms with Gasteiger partial charge >= 0.3 is 5.97 Å². The van der Waals surface area contributed by atoms with Crippen LogP contribution in [0, 0.1) is 6.92 Å². The van der Waals surface area contributed by atoms with E-state index >= 15 is 0 Å². The number of carboxylic acid groups (broad SMARTS) is 1. The molecule has 5 nitrogen and oxygen atoms in total. The first kappa shape index (κ1) is 13.6. The molecule has 0 radical (unpaired) electrons. The number of benzene rings is 2. The number of carbonyl (C=O) groups is 2. The number of aryl methyl sites for hydroxylation is 1. The molecule has 1 amide bonds. The van der Waals surface area contributed by atoms with Gasteiger partial charge in [0.1, 0.15) is 0 Å². The molecule has 2 aromatic rings. The molecule has 2 rings (SSSR count). The summed E-state index contributed by atoms with van der Waals surface area (Å²) in [6.45, 7) is 1.86. The number of aromatic carboxylic acids is 1. The van der Waals surface area contributed by atoms with Crippen LogP contribution in [0.3, 0.4) is 0 Å². The van der Waals surface area contributed by atoms with Crippen LogP contribution in [0.25, 0.3) is 0 Å². The Balaban J connectivity index is 2.14. The molecule has 0 spiro atoms. The molecule has 0 saturated heterocycles. The van der Waals surface area contributed by atoms with Gasteiger partial charge in [-0.25, -0.2) is 4.79 Å². The van der Waals surface area contributed by atoms with E-state index in [0.29, 0.717) is 16.9 Å². The highest BCUT2D eigenvalue weighted by molar-refractivity contribution is 6.05. The fourth-order valence-electron chi connectivity index (χ4n) is 1.68. The van der Waals surface area contributed by atoms with E-state index < -0.39 is 5.97 Å². The van der Waals surface area contributed by atoms with Gasteiger partial charge in [-0.3, -0.25) is 4.79 Å². The lowest BCUT2D eigenvalue weighted by Crippen LogP contribution is -2.12. The van der Waals surface area contributed by atoms with Crippen molar-refractivity contribution in [1.29, 1.82) is 0 Å². The van der Waals surface area contributed by atoms with Crippen LogP contribution in [0.5, 0.6) is 0 Å². The second kappa shape index (κ2) is 5.44. The Bertz CT molecular complexity index is 663. The molecule has 0 bridgehead atoms. The molecule has 0 aliphatic carbocycles. The average Bonchev–Trinajstić information content (AvgIpc) is 2.42. The third kappa shape index (κ3) is 2.95. The van der Waals surface area contributed by atoms with Crippen LogP contribution < -0.4 is 11.1 Å². The maximum atomic E-state index is 12.0. The minimum Gasteiger partial charge on any atom is -0.478 e. The fraction of sp³-hybridized carbons (Fsp3) is 0.0667. The molecule has 0 saturated carbocycles. The second-order valence-electron chi connectivity index (χ2n) is 4.41. The van der Waals surface area contributed by atoms with E-state index in [-0.39, 0.29) is 11.5 Å². The van der Waals surface area contributed by atoms with Gasteiger partial charge in [-0.15, -0.1) is 0 Å². The number of hydrogen-bond donors (Lipinski definition) is 3. The smallest absolute Gasteiger partial charge is 0.335 e. The average molecular weight is 270 g/mol. The van der Waals surface area contributed by atoms with Crippen molar-refractivity contribution in [2.24, 2.45) is 0 Å². The minimum absolute atomic E-state index is 0.169. The molecule has 0 aromatic heterocycles. The van der Waals surface area contributed by atoms with Crippen LogP contribution in [0.2, 0.25) is 0 Å². The van der Waals surface area contributed by atoms with Crippen LogP contribution in [-0.4, -0.2) is 17.0 Å². The molecule has 2 aromatic carbocycles. The summed E-state index contributed by atoms with van der Waals surface area (Å²) in [6, 6.07) is 11.0. The third-order valence-corrected chi connectivity index (χ3v) is 2.93. The monoisotopic (exact) mass is 270 g/mol. The number of amides is 1. The Kier molecular flexibility index (Phi) is 3.70. The van der Waals surface area contributed by atoms with Crippen molar-refractivity contribution < 1.29 is 14.7 Å². The lowest BCUT2D eigenvalue weighted by molar-refractivity contribution is 0.0696. The first-order chi connectivity index (χ1) is 9.47. The van der Waals surface area contributed by atoms with Crippen molar-refractivity contribution in [3.63, 3.8) is 0 Å². The summed E-state index contributed by atoms with van der Waals surface area (Å²) in [7, 11) is 0. The van der Waals surface area contributed by atoms with E-state index in [2.05, 4.69) is 5.32 Å². The number of carbonyl (C=O) groups excluding carboxylic acids is 1. The van der Waals surface area contributed by atoms with Crippen LogP contribution in [0.15, 0.2) is 42.5 Å². The first-order valence-electron chi connectivity index (χ1n) is 5.98. The molecule has 0 atom stereocenters. The van der Waals surface area contributed by atoms with E-state index in [1.807, 2.05) is 6.92 Å². The van der Waals surface area contributed by atoms with E-state index in [1.165, 1.54) is 12.1 Å². The predicted octanol–water partition coefficient (Wildman–Crippen LogP) is 2.53. The van der Waals surface area contributed by atoms with Crippen molar-refractivity contribution >= 4 is 23.3 Å². The molecule has 5 heteroatoms. The van der Waals surface area contributed by atoms with Crippen LogP contribution in [0.4, 0.5) is 11.4 Å². The molecule has 0 aliphatic heterocycles. The highest BCUT2D eigenvalue weighted by Gasteiger charge is 2.08. The predicted molar refractivity (Wildman–Crippen MR) is 76.9 cm³/mol. The molecule has 0 unspecified atom stereocenters. The number of nitrogens with two attached hydrogens (primary N) is 1. The molecule has 4 N–H and O–H groups in total. The van der Waals surface area contributed by atoms with Gasteiger partial charge < -0.3 is 16.2 Å². The van der Waals surface area contributed by atoms with Gasteiger partial charge in [-0.1, -0.05) is 6.07 Å². The lowest BCUT2D eigenvalue weighted by atomic mass is 10.1. The van der Waals surface area contributed by atoms with Gasteiger partial charge in [-0.2, -0.15) is 0 Å². The van der Waals surface area contributed by atoms with Crippen LogP contribution in [-0.2, 0) is 0 Å². The molecular formula is C15H14N2O3. The van der Waals surface area contributed by atoms with Crippen molar-refractivity contribution in [3.05, 3.63) is 59.2 Å². The first-order valence-corrected chi connectivity index (χ1v) is 5.98. The maximum Gasteiger partial charge on any atom is 0.335 e. The topological polar surface area (TPSA) is 92.4 Å². The summed E-state index contributed by atoms with van der Waals surface area (Å²) < 4.78 is 0. The largest absolute Gasteiger partial charge is 0.478 e. The van der Waals surface area contributed by atoms with Gasteiger partial charge in [0, 0.05) is 16.9 Å². The van der Waals surface area contributed by atoms with Gasteiger partial charge in [0.2, 0.25) is 0 Å². The summed E-state index contributed by atoms with van der Waals surface area (Å²) in [6.07, 6.45) is 0. The number of anilines is 2. The Labute approximate surface area is 116 Å². The van der Waals surface area contributed by atoms with E-state index in [0.717, 1.165) is 5.56 Å². The number of carboxylic acids is 1. The zero-order valence-corrected chi connectivity index (χ0v) is 10.9.